The van der Waals surface area contributed by atoms with Gasteiger partial charge in [-0.15, -0.1) is 0 Å². The molecule has 0 radical (unpaired) electrons. The number of methoxy groups -OCH3 is 1. The molecular weight excluding hydrogens is 220 g/mol. The van der Waals surface area contributed by atoms with Gasteiger partial charge in [-0.2, -0.15) is 0 Å². The number of hydrogen-bond acceptors (Lipinski definition) is 3. The number of anilines is 1. The van der Waals surface area contributed by atoms with E-state index in [1.807, 2.05) is 32.0 Å². The molecule has 92 valence electrons. The van der Waals surface area contributed by atoms with Gasteiger partial charge in [0, 0.05) is 5.69 Å². The zero-order chi connectivity index (χ0) is 12.8. The summed E-state index contributed by atoms with van der Waals surface area (Å²) in [6.45, 7) is 3.79. The van der Waals surface area contributed by atoms with Crippen LogP contribution in [-0.4, -0.2) is 25.7 Å². The SMILES string of the molecule is COC(=O)NCC(=O)Nc1cccc(C)c1C. The maximum absolute atomic E-state index is 11.5. The fraction of sp³-hybridized carbons (Fsp3) is 0.333. The minimum absolute atomic E-state index is 0.111. The van der Waals surface area contributed by atoms with Gasteiger partial charge in [0.05, 0.1) is 7.11 Å². The van der Waals surface area contributed by atoms with Crippen LogP contribution in [-0.2, 0) is 9.53 Å². The second kappa shape index (κ2) is 5.89. The van der Waals surface area contributed by atoms with Crippen molar-refractivity contribution in [3.8, 4) is 0 Å². The number of carbonyl (C=O) groups excluding carboxylic acids is 2. The highest BCUT2D eigenvalue weighted by atomic mass is 16.5. The van der Waals surface area contributed by atoms with Crippen LogP contribution in [0, 0.1) is 13.8 Å². The van der Waals surface area contributed by atoms with E-state index in [9.17, 15) is 9.59 Å². The first kappa shape index (κ1) is 13.0. The molecule has 0 atom stereocenters. The van der Waals surface area contributed by atoms with Crippen molar-refractivity contribution in [3.63, 3.8) is 0 Å². The van der Waals surface area contributed by atoms with Gasteiger partial charge in [0.15, 0.2) is 0 Å². The Labute approximate surface area is 100 Å². The number of nitrogens with one attached hydrogen (secondary N) is 2. The highest BCUT2D eigenvalue weighted by molar-refractivity contribution is 5.94. The van der Waals surface area contributed by atoms with Crippen LogP contribution < -0.4 is 10.6 Å². The van der Waals surface area contributed by atoms with Crippen molar-refractivity contribution in [2.24, 2.45) is 0 Å². The maximum atomic E-state index is 11.5. The van der Waals surface area contributed by atoms with Gasteiger partial charge < -0.3 is 15.4 Å². The zero-order valence-electron chi connectivity index (χ0n) is 10.2. The Balaban J connectivity index is 2.56. The van der Waals surface area contributed by atoms with Crippen LogP contribution in [0.1, 0.15) is 11.1 Å². The lowest BCUT2D eigenvalue weighted by Gasteiger charge is -2.10. The third kappa shape index (κ3) is 3.79. The number of benzene rings is 1. The summed E-state index contributed by atoms with van der Waals surface area (Å²) in [5.74, 6) is -0.288. The van der Waals surface area contributed by atoms with Crippen LogP contribution in [0.2, 0.25) is 0 Å². The molecule has 0 aliphatic rings. The number of hydrogen-bond donors (Lipinski definition) is 2. The van der Waals surface area contributed by atoms with Crippen molar-refractivity contribution >= 4 is 17.7 Å². The smallest absolute Gasteiger partial charge is 0.407 e. The van der Waals surface area contributed by atoms with Crippen molar-refractivity contribution in [2.75, 3.05) is 19.0 Å². The van der Waals surface area contributed by atoms with E-state index in [-0.39, 0.29) is 12.5 Å². The molecular formula is C12H16N2O3. The van der Waals surface area contributed by atoms with Gasteiger partial charge >= 0.3 is 6.09 Å². The number of carbonyl (C=O) groups is 2. The molecule has 0 unspecified atom stereocenters. The van der Waals surface area contributed by atoms with Gasteiger partial charge in [-0.3, -0.25) is 4.79 Å². The fourth-order valence-corrected chi connectivity index (χ4v) is 1.31. The summed E-state index contributed by atoms with van der Waals surface area (Å²) in [5, 5.41) is 5.03. The summed E-state index contributed by atoms with van der Waals surface area (Å²) < 4.78 is 4.36. The quantitative estimate of drug-likeness (QED) is 0.837. The second-order valence-electron chi connectivity index (χ2n) is 3.64. The predicted octanol–water partition coefficient (Wildman–Crippen LogP) is 1.60. The molecule has 1 aromatic rings. The van der Waals surface area contributed by atoms with E-state index in [4.69, 9.17) is 0 Å². The van der Waals surface area contributed by atoms with Crippen molar-refractivity contribution < 1.29 is 14.3 Å². The van der Waals surface area contributed by atoms with Gasteiger partial charge in [-0.05, 0) is 31.0 Å². The normalized spacial score (nSPS) is 9.59. The number of aryl methyl sites for hydroxylation is 1. The van der Waals surface area contributed by atoms with Gasteiger partial charge in [0.25, 0.3) is 0 Å². The maximum Gasteiger partial charge on any atom is 0.407 e. The van der Waals surface area contributed by atoms with Crippen LogP contribution in [0.25, 0.3) is 0 Å². The molecule has 17 heavy (non-hydrogen) atoms. The Bertz CT molecular complexity index is 430. The highest BCUT2D eigenvalue weighted by Crippen LogP contribution is 2.17. The van der Waals surface area contributed by atoms with E-state index in [0.29, 0.717) is 0 Å². The largest absolute Gasteiger partial charge is 0.453 e. The molecule has 5 heteroatoms. The Kier molecular flexibility index (Phi) is 4.51. The first-order valence-corrected chi connectivity index (χ1v) is 5.22. The third-order valence-corrected chi connectivity index (χ3v) is 2.46. The lowest BCUT2D eigenvalue weighted by atomic mass is 10.1. The average Bonchev–Trinajstić information content (AvgIpc) is 2.32. The fourth-order valence-electron chi connectivity index (χ4n) is 1.31. The molecule has 2 N–H and O–H groups in total. The van der Waals surface area contributed by atoms with Crippen molar-refractivity contribution in [3.05, 3.63) is 29.3 Å². The second-order valence-corrected chi connectivity index (χ2v) is 3.64. The zero-order valence-corrected chi connectivity index (χ0v) is 10.2. The summed E-state index contributed by atoms with van der Waals surface area (Å²) in [4.78, 5) is 22.3. The number of ether oxygens (including phenoxy) is 1. The monoisotopic (exact) mass is 236 g/mol. The van der Waals surface area contributed by atoms with Crippen molar-refractivity contribution in [2.45, 2.75) is 13.8 Å². The van der Waals surface area contributed by atoms with Crippen LogP contribution in [0.5, 0.6) is 0 Å². The highest BCUT2D eigenvalue weighted by Gasteiger charge is 2.07. The van der Waals surface area contributed by atoms with Crippen LogP contribution in [0.4, 0.5) is 10.5 Å². The number of rotatable bonds is 3. The Morgan fingerprint density at radius 3 is 2.65 bits per heavy atom. The third-order valence-electron chi connectivity index (χ3n) is 2.46. The van der Waals surface area contributed by atoms with Gasteiger partial charge in [-0.1, -0.05) is 12.1 Å². The molecule has 1 aromatic carbocycles. The summed E-state index contributed by atoms with van der Waals surface area (Å²) in [7, 11) is 1.25. The molecule has 0 spiro atoms. The van der Waals surface area contributed by atoms with Crippen molar-refractivity contribution in [1.29, 1.82) is 0 Å². The van der Waals surface area contributed by atoms with E-state index in [2.05, 4.69) is 15.4 Å². The number of alkyl carbamates (subject to hydrolysis) is 1. The molecule has 0 fully saturated rings. The minimum Gasteiger partial charge on any atom is -0.453 e. The van der Waals surface area contributed by atoms with Gasteiger partial charge in [-0.25, -0.2) is 4.79 Å². The molecule has 0 heterocycles. The predicted molar refractivity (Wildman–Crippen MR) is 65.0 cm³/mol. The van der Waals surface area contributed by atoms with Gasteiger partial charge in [0.1, 0.15) is 6.54 Å². The Morgan fingerprint density at radius 2 is 2.00 bits per heavy atom. The summed E-state index contributed by atoms with van der Waals surface area (Å²) in [6, 6.07) is 5.65. The van der Waals surface area contributed by atoms with Crippen LogP contribution in [0.3, 0.4) is 0 Å². The first-order chi connectivity index (χ1) is 8.04. The molecule has 1 rings (SSSR count). The van der Waals surface area contributed by atoms with E-state index < -0.39 is 6.09 Å². The van der Waals surface area contributed by atoms with E-state index in [0.717, 1.165) is 16.8 Å². The molecule has 0 aliphatic carbocycles. The molecule has 0 saturated carbocycles. The molecule has 0 bridgehead atoms. The Morgan fingerprint density at radius 1 is 1.29 bits per heavy atom. The van der Waals surface area contributed by atoms with E-state index in [1.165, 1.54) is 7.11 Å². The molecule has 0 saturated heterocycles. The van der Waals surface area contributed by atoms with Crippen LogP contribution in [0.15, 0.2) is 18.2 Å². The first-order valence-electron chi connectivity index (χ1n) is 5.22. The average molecular weight is 236 g/mol. The van der Waals surface area contributed by atoms with Crippen molar-refractivity contribution in [1.82, 2.24) is 5.32 Å². The van der Waals surface area contributed by atoms with E-state index >= 15 is 0 Å². The molecule has 2 amide bonds. The molecule has 0 aromatic heterocycles. The lowest BCUT2D eigenvalue weighted by molar-refractivity contribution is -0.115. The number of amides is 2. The molecule has 5 nitrogen and oxygen atoms in total. The van der Waals surface area contributed by atoms with Gasteiger partial charge in [0.2, 0.25) is 5.91 Å². The molecule has 0 aliphatic heterocycles. The van der Waals surface area contributed by atoms with E-state index in [1.54, 1.807) is 0 Å². The summed E-state index contributed by atoms with van der Waals surface area (Å²) in [5.41, 5.74) is 2.87. The standard InChI is InChI=1S/C12H16N2O3/c1-8-5-4-6-10(9(8)2)14-11(15)7-13-12(16)17-3/h4-6H,7H2,1-3H3,(H,13,16)(H,14,15). The minimum atomic E-state index is -0.624. The summed E-state index contributed by atoms with van der Waals surface area (Å²) >= 11 is 0. The Hall–Kier alpha value is -2.04. The summed E-state index contributed by atoms with van der Waals surface area (Å²) in [6.07, 6.45) is -0.624. The van der Waals surface area contributed by atoms with Crippen LogP contribution >= 0.6 is 0 Å². The lowest BCUT2D eigenvalue weighted by Crippen LogP contribution is -2.32. The topological polar surface area (TPSA) is 67.4 Å².